The maximum absolute atomic E-state index is 13.3. The van der Waals surface area contributed by atoms with Crippen LogP contribution in [0.1, 0.15) is 19.3 Å². The summed E-state index contributed by atoms with van der Waals surface area (Å²) >= 11 is 5.35. The molecule has 0 radical (unpaired) electrons. The second-order valence-corrected chi connectivity index (χ2v) is 7.10. The van der Waals surface area contributed by atoms with Crippen LogP contribution in [0.4, 0.5) is 4.39 Å². The van der Waals surface area contributed by atoms with Crippen LogP contribution in [0.3, 0.4) is 0 Å². The standard InChI is InChI=1S/C14H16BrFO2S/c15-12-2-1-10(16)7-13(12)18-11-3-5-17-14(8-11)4-6-19-9-14/h1-2,7,11H,3-6,8-9H2. The van der Waals surface area contributed by atoms with E-state index in [2.05, 4.69) is 15.9 Å². The summed E-state index contributed by atoms with van der Waals surface area (Å²) in [6, 6.07) is 4.55. The SMILES string of the molecule is Fc1ccc(Br)c(OC2CCOC3(CCSC3)C2)c1. The number of ether oxygens (including phenoxy) is 2. The number of benzene rings is 1. The highest BCUT2D eigenvalue weighted by Gasteiger charge is 2.41. The van der Waals surface area contributed by atoms with E-state index in [1.807, 2.05) is 11.8 Å². The van der Waals surface area contributed by atoms with Gasteiger partial charge in [-0.15, -0.1) is 0 Å². The molecule has 2 aliphatic rings. The van der Waals surface area contributed by atoms with Crippen LogP contribution in [-0.4, -0.2) is 29.8 Å². The summed E-state index contributed by atoms with van der Waals surface area (Å²) < 4.78 is 26.0. The lowest BCUT2D eigenvalue weighted by Crippen LogP contribution is -2.43. The molecule has 2 fully saturated rings. The molecule has 1 spiro atoms. The van der Waals surface area contributed by atoms with Crippen molar-refractivity contribution in [2.45, 2.75) is 31.0 Å². The van der Waals surface area contributed by atoms with E-state index in [0.717, 1.165) is 41.8 Å². The quantitative estimate of drug-likeness (QED) is 0.805. The van der Waals surface area contributed by atoms with Crippen molar-refractivity contribution >= 4 is 27.7 Å². The molecule has 0 saturated carbocycles. The molecule has 0 bridgehead atoms. The van der Waals surface area contributed by atoms with Gasteiger partial charge in [0.1, 0.15) is 17.7 Å². The summed E-state index contributed by atoms with van der Waals surface area (Å²) in [5.74, 6) is 2.54. The lowest BCUT2D eigenvalue weighted by atomic mass is 9.91. The maximum Gasteiger partial charge on any atom is 0.136 e. The number of rotatable bonds is 2. The Kier molecular flexibility index (Phi) is 4.06. The van der Waals surface area contributed by atoms with Gasteiger partial charge < -0.3 is 9.47 Å². The molecule has 0 aliphatic carbocycles. The average molecular weight is 347 g/mol. The molecule has 0 amide bonds. The monoisotopic (exact) mass is 346 g/mol. The Balaban J connectivity index is 1.70. The molecule has 2 aliphatic heterocycles. The zero-order chi connectivity index (χ0) is 13.3. The normalized spacial score (nSPS) is 30.7. The summed E-state index contributed by atoms with van der Waals surface area (Å²) in [5.41, 5.74) is -0.00656. The second-order valence-electron chi connectivity index (χ2n) is 5.14. The Morgan fingerprint density at radius 2 is 2.37 bits per heavy atom. The molecule has 3 rings (SSSR count). The number of hydrogen-bond acceptors (Lipinski definition) is 3. The Morgan fingerprint density at radius 1 is 1.47 bits per heavy atom. The van der Waals surface area contributed by atoms with E-state index in [1.54, 1.807) is 6.07 Å². The molecule has 2 unspecified atom stereocenters. The fourth-order valence-corrected chi connectivity index (χ4v) is 4.41. The lowest BCUT2D eigenvalue weighted by molar-refractivity contribution is -0.0960. The van der Waals surface area contributed by atoms with Crippen molar-refractivity contribution in [1.82, 2.24) is 0 Å². The van der Waals surface area contributed by atoms with Gasteiger partial charge in [-0.1, -0.05) is 0 Å². The molecule has 2 atom stereocenters. The summed E-state index contributed by atoms with van der Waals surface area (Å²) in [6.07, 6.45) is 2.99. The summed E-state index contributed by atoms with van der Waals surface area (Å²) in [6.45, 7) is 0.734. The van der Waals surface area contributed by atoms with Crippen molar-refractivity contribution < 1.29 is 13.9 Å². The van der Waals surface area contributed by atoms with Gasteiger partial charge in [-0.3, -0.25) is 0 Å². The van der Waals surface area contributed by atoms with Gasteiger partial charge >= 0.3 is 0 Å². The molecule has 2 saturated heterocycles. The topological polar surface area (TPSA) is 18.5 Å². The fourth-order valence-electron chi connectivity index (χ4n) is 2.69. The molecule has 0 N–H and O–H groups in total. The first-order chi connectivity index (χ1) is 9.17. The van der Waals surface area contributed by atoms with Crippen molar-refractivity contribution in [2.75, 3.05) is 18.1 Å². The first-order valence-electron chi connectivity index (χ1n) is 6.50. The molecule has 1 aromatic rings. The first kappa shape index (κ1) is 13.7. The van der Waals surface area contributed by atoms with Crippen molar-refractivity contribution in [3.05, 3.63) is 28.5 Å². The van der Waals surface area contributed by atoms with E-state index in [4.69, 9.17) is 9.47 Å². The average Bonchev–Trinajstić information content (AvgIpc) is 2.82. The Bertz CT molecular complexity index is 463. The molecule has 1 aromatic carbocycles. The number of halogens is 2. The van der Waals surface area contributed by atoms with Crippen LogP contribution < -0.4 is 4.74 Å². The van der Waals surface area contributed by atoms with Crippen molar-refractivity contribution in [3.8, 4) is 5.75 Å². The second kappa shape index (κ2) is 5.62. The Labute approximate surface area is 125 Å². The van der Waals surface area contributed by atoms with Gasteiger partial charge in [0.25, 0.3) is 0 Å². The zero-order valence-corrected chi connectivity index (χ0v) is 12.9. The summed E-state index contributed by atoms with van der Waals surface area (Å²) in [7, 11) is 0. The maximum atomic E-state index is 13.3. The minimum absolute atomic E-state index is 0.00656. The molecule has 19 heavy (non-hydrogen) atoms. The predicted molar refractivity (Wildman–Crippen MR) is 78.4 cm³/mol. The minimum Gasteiger partial charge on any atom is -0.489 e. The third-order valence-corrected chi connectivity index (χ3v) is 5.58. The van der Waals surface area contributed by atoms with Crippen LogP contribution in [0, 0.1) is 5.82 Å². The summed E-state index contributed by atoms with van der Waals surface area (Å²) in [4.78, 5) is 0. The highest BCUT2D eigenvalue weighted by molar-refractivity contribution is 9.10. The van der Waals surface area contributed by atoms with E-state index < -0.39 is 0 Å². The molecule has 104 valence electrons. The highest BCUT2D eigenvalue weighted by atomic mass is 79.9. The van der Waals surface area contributed by atoms with Gasteiger partial charge in [0.05, 0.1) is 16.7 Å². The highest BCUT2D eigenvalue weighted by Crippen LogP contribution is 2.40. The van der Waals surface area contributed by atoms with Gasteiger partial charge in [-0.05, 0) is 40.2 Å². The largest absolute Gasteiger partial charge is 0.489 e. The lowest BCUT2D eigenvalue weighted by Gasteiger charge is -2.37. The zero-order valence-electron chi connectivity index (χ0n) is 10.5. The van der Waals surface area contributed by atoms with Crippen LogP contribution >= 0.6 is 27.7 Å². The van der Waals surface area contributed by atoms with Gasteiger partial charge in [-0.25, -0.2) is 4.39 Å². The van der Waals surface area contributed by atoms with E-state index in [1.165, 1.54) is 12.1 Å². The molecule has 2 heterocycles. The van der Waals surface area contributed by atoms with Gasteiger partial charge in [0.2, 0.25) is 0 Å². The Morgan fingerprint density at radius 3 is 3.16 bits per heavy atom. The van der Waals surface area contributed by atoms with Crippen LogP contribution in [-0.2, 0) is 4.74 Å². The predicted octanol–water partition coefficient (Wildman–Crippen LogP) is 4.02. The Hall–Kier alpha value is -0.260. The number of thioether (sulfide) groups is 1. The number of hydrogen-bond donors (Lipinski definition) is 0. The van der Waals surface area contributed by atoms with Crippen molar-refractivity contribution in [1.29, 1.82) is 0 Å². The van der Waals surface area contributed by atoms with E-state index in [-0.39, 0.29) is 17.5 Å². The van der Waals surface area contributed by atoms with E-state index in [0.29, 0.717) is 5.75 Å². The molecular formula is C14H16BrFO2S. The third-order valence-electron chi connectivity index (χ3n) is 3.70. The molecule has 2 nitrogen and oxygen atoms in total. The van der Waals surface area contributed by atoms with Gasteiger partial charge in [0.15, 0.2) is 0 Å². The third kappa shape index (κ3) is 3.09. The van der Waals surface area contributed by atoms with E-state index >= 15 is 0 Å². The molecule has 5 heteroatoms. The first-order valence-corrected chi connectivity index (χ1v) is 8.45. The summed E-state index contributed by atoms with van der Waals surface area (Å²) in [5, 5.41) is 0. The minimum atomic E-state index is -0.267. The van der Waals surface area contributed by atoms with Crippen LogP contribution in [0.25, 0.3) is 0 Å². The van der Waals surface area contributed by atoms with Crippen molar-refractivity contribution in [3.63, 3.8) is 0 Å². The van der Waals surface area contributed by atoms with Gasteiger partial charge in [-0.2, -0.15) is 11.8 Å². The van der Waals surface area contributed by atoms with Crippen LogP contribution in [0.2, 0.25) is 0 Å². The van der Waals surface area contributed by atoms with E-state index in [9.17, 15) is 4.39 Å². The molecular weight excluding hydrogens is 331 g/mol. The smallest absolute Gasteiger partial charge is 0.136 e. The molecule has 0 aromatic heterocycles. The van der Waals surface area contributed by atoms with Crippen LogP contribution in [0.5, 0.6) is 5.75 Å². The van der Waals surface area contributed by atoms with Crippen molar-refractivity contribution in [2.24, 2.45) is 0 Å². The fraction of sp³-hybridized carbons (Fsp3) is 0.571. The van der Waals surface area contributed by atoms with Crippen LogP contribution in [0.15, 0.2) is 22.7 Å². The van der Waals surface area contributed by atoms with Gasteiger partial charge in [0, 0.05) is 24.7 Å².